The van der Waals surface area contributed by atoms with Crippen molar-refractivity contribution in [1.82, 2.24) is 0 Å². The van der Waals surface area contributed by atoms with Gasteiger partial charge in [-0.3, -0.25) is 14.4 Å². The number of nitrogens with zero attached hydrogens (tertiary/aromatic N) is 1. The Labute approximate surface area is 173 Å². The zero-order valence-corrected chi connectivity index (χ0v) is 16.1. The molecule has 6 heteroatoms. The highest BCUT2D eigenvalue weighted by Crippen LogP contribution is 2.53. The van der Waals surface area contributed by atoms with Crippen LogP contribution in [0.25, 0.3) is 0 Å². The quantitative estimate of drug-likeness (QED) is 0.333. The van der Waals surface area contributed by atoms with Crippen LogP contribution < -0.4 is 4.90 Å². The Hall–Kier alpha value is -3.54. The molecule has 3 aliphatic rings. The Morgan fingerprint density at radius 3 is 2.17 bits per heavy atom. The van der Waals surface area contributed by atoms with Crippen molar-refractivity contribution in [3.05, 3.63) is 77.9 Å². The molecule has 4 atom stereocenters. The zero-order chi connectivity index (χ0) is 20.8. The highest BCUT2D eigenvalue weighted by atomic mass is 16.5. The standard InChI is InChI=1S/C24H19NO5/c26-19(14-5-2-1-3-6-14)13-30-24(29)17-7-4-8-18(12-17)25-22(27)20-15-9-10-16(11-15)21(20)23(25)28/h1-10,12,15-16,20-21H,11,13H2/t15-,16-,20-,21-/m0/s1. The van der Waals surface area contributed by atoms with Crippen molar-refractivity contribution in [3.63, 3.8) is 0 Å². The van der Waals surface area contributed by atoms with E-state index in [4.69, 9.17) is 4.74 Å². The maximum absolute atomic E-state index is 13.0. The van der Waals surface area contributed by atoms with Crippen molar-refractivity contribution in [3.8, 4) is 0 Å². The summed E-state index contributed by atoms with van der Waals surface area (Å²) >= 11 is 0. The minimum absolute atomic E-state index is 0.124. The Balaban J connectivity index is 1.31. The molecule has 0 spiro atoms. The molecule has 30 heavy (non-hydrogen) atoms. The minimum Gasteiger partial charge on any atom is -0.454 e. The minimum atomic E-state index is -0.679. The number of carbonyl (C=O) groups is 4. The summed E-state index contributed by atoms with van der Waals surface area (Å²) in [5, 5.41) is 0. The fraction of sp³-hybridized carbons (Fsp3) is 0.250. The van der Waals surface area contributed by atoms with E-state index in [1.54, 1.807) is 42.5 Å². The van der Waals surface area contributed by atoms with Gasteiger partial charge in [0.05, 0.1) is 23.1 Å². The topological polar surface area (TPSA) is 80.8 Å². The normalized spacial score (nSPS) is 26.2. The van der Waals surface area contributed by atoms with Crippen molar-refractivity contribution < 1.29 is 23.9 Å². The van der Waals surface area contributed by atoms with Gasteiger partial charge in [-0.05, 0) is 36.5 Å². The second-order valence-corrected chi connectivity index (χ2v) is 7.93. The molecule has 0 unspecified atom stereocenters. The molecule has 2 fully saturated rings. The summed E-state index contributed by atoms with van der Waals surface area (Å²) in [5.74, 6) is -1.74. The van der Waals surface area contributed by atoms with E-state index in [0.717, 1.165) is 6.42 Å². The molecule has 5 rings (SSSR count). The monoisotopic (exact) mass is 401 g/mol. The number of hydrogen-bond donors (Lipinski definition) is 0. The number of rotatable bonds is 5. The van der Waals surface area contributed by atoms with Gasteiger partial charge in [0.15, 0.2) is 12.4 Å². The Kier molecular flexibility index (Phi) is 4.35. The predicted octanol–water partition coefficient (Wildman–Crippen LogP) is 3.04. The second kappa shape index (κ2) is 7.06. The third-order valence-electron chi connectivity index (χ3n) is 6.24. The lowest BCUT2D eigenvalue weighted by Gasteiger charge is -2.18. The first kappa shape index (κ1) is 18.5. The Morgan fingerprint density at radius 1 is 0.867 bits per heavy atom. The maximum Gasteiger partial charge on any atom is 0.338 e. The van der Waals surface area contributed by atoms with Crippen LogP contribution in [0.2, 0.25) is 0 Å². The van der Waals surface area contributed by atoms with Crippen LogP contribution >= 0.6 is 0 Å². The van der Waals surface area contributed by atoms with Crippen molar-refractivity contribution >= 4 is 29.3 Å². The molecule has 1 aliphatic heterocycles. The SMILES string of the molecule is O=C(COC(=O)c1cccc(N2C(=O)[C@@H]3[C@@H](C2=O)[C@H]2C=C[C@H]3C2)c1)c1ccccc1. The molecule has 2 bridgehead atoms. The molecule has 1 heterocycles. The molecule has 0 radical (unpaired) electrons. The predicted molar refractivity (Wildman–Crippen MR) is 108 cm³/mol. The lowest BCUT2D eigenvalue weighted by atomic mass is 9.85. The number of carbonyl (C=O) groups excluding carboxylic acids is 4. The number of amides is 2. The number of fused-ring (bicyclic) bond motifs is 5. The summed E-state index contributed by atoms with van der Waals surface area (Å²) in [7, 11) is 0. The zero-order valence-electron chi connectivity index (χ0n) is 16.1. The van der Waals surface area contributed by atoms with Gasteiger partial charge < -0.3 is 4.74 Å². The van der Waals surface area contributed by atoms with Crippen molar-refractivity contribution in [1.29, 1.82) is 0 Å². The molecule has 1 saturated carbocycles. The van der Waals surface area contributed by atoms with Crippen LogP contribution in [0.15, 0.2) is 66.7 Å². The second-order valence-electron chi connectivity index (χ2n) is 7.93. The number of anilines is 1. The molecule has 0 N–H and O–H groups in total. The molecule has 2 amide bonds. The van der Waals surface area contributed by atoms with E-state index in [1.807, 2.05) is 12.2 Å². The molecule has 0 aromatic heterocycles. The van der Waals surface area contributed by atoms with Crippen LogP contribution in [0.4, 0.5) is 5.69 Å². The van der Waals surface area contributed by atoms with Gasteiger partial charge in [0, 0.05) is 5.56 Å². The number of benzene rings is 2. The summed E-state index contributed by atoms with van der Waals surface area (Å²) in [6.45, 7) is -0.381. The fourth-order valence-corrected chi connectivity index (χ4v) is 4.85. The highest BCUT2D eigenvalue weighted by Gasteiger charge is 2.59. The van der Waals surface area contributed by atoms with Gasteiger partial charge in [-0.15, -0.1) is 0 Å². The summed E-state index contributed by atoms with van der Waals surface area (Å²) in [4.78, 5) is 51.7. The van der Waals surface area contributed by atoms with Gasteiger partial charge in [0.2, 0.25) is 11.8 Å². The van der Waals surface area contributed by atoms with E-state index in [0.29, 0.717) is 11.3 Å². The molecule has 150 valence electrons. The van der Waals surface area contributed by atoms with Crippen LogP contribution in [-0.4, -0.2) is 30.2 Å². The molecule has 2 aliphatic carbocycles. The number of Topliss-reactive ketones (excluding diaryl/α,β-unsaturated/α-hetero) is 1. The van der Waals surface area contributed by atoms with E-state index in [9.17, 15) is 19.2 Å². The van der Waals surface area contributed by atoms with Gasteiger partial charge in [0.25, 0.3) is 0 Å². The number of esters is 1. The molecule has 2 aromatic rings. The van der Waals surface area contributed by atoms with Crippen LogP contribution in [0, 0.1) is 23.7 Å². The first-order valence-electron chi connectivity index (χ1n) is 9.96. The Morgan fingerprint density at radius 2 is 1.50 bits per heavy atom. The lowest BCUT2D eigenvalue weighted by molar-refractivity contribution is -0.123. The van der Waals surface area contributed by atoms with Crippen LogP contribution in [0.1, 0.15) is 27.1 Å². The van der Waals surface area contributed by atoms with Gasteiger partial charge in [-0.25, -0.2) is 9.69 Å². The summed E-state index contributed by atoms with van der Waals surface area (Å²) in [6.07, 6.45) is 4.94. The van der Waals surface area contributed by atoms with Gasteiger partial charge in [-0.2, -0.15) is 0 Å². The van der Waals surface area contributed by atoms with E-state index in [-0.39, 0.29) is 53.4 Å². The largest absolute Gasteiger partial charge is 0.454 e. The molecular formula is C24H19NO5. The van der Waals surface area contributed by atoms with Gasteiger partial charge in [-0.1, -0.05) is 48.6 Å². The van der Waals surface area contributed by atoms with E-state index in [2.05, 4.69) is 0 Å². The molecular weight excluding hydrogens is 382 g/mol. The Bertz CT molecular complexity index is 1060. The van der Waals surface area contributed by atoms with Crippen LogP contribution in [0.3, 0.4) is 0 Å². The number of allylic oxidation sites excluding steroid dienone is 2. The third-order valence-corrected chi connectivity index (χ3v) is 6.24. The summed E-state index contributed by atoms with van der Waals surface area (Å²) in [5.41, 5.74) is 1.01. The summed E-state index contributed by atoms with van der Waals surface area (Å²) in [6, 6.07) is 14.8. The third kappa shape index (κ3) is 2.87. The van der Waals surface area contributed by atoms with E-state index >= 15 is 0 Å². The average molecular weight is 401 g/mol. The maximum atomic E-state index is 13.0. The van der Waals surface area contributed by atoms with Crippen LogP contribution in [0.5, 0.6) is 0 Å². The van der Waals surface area contributed by atoms with Gasteiger partial charge >= 0.3 is 5.97 Å². The fourth-order valence-electron chi connectivity index (χ4n) is 4.85. The molecule has 1 saturated heterocycles. The van der Waals surface area contributed by atoms with Crippen molar-refractivity contribution in [2.45, 2.75) is 6.42 Å². The first-order valence-corrected chi connectivity index (χ1v) is 9.96. The van der Waals surface area contributed by atoms with Crippen molar-refractivity contribution in [2.24, 2.45) is 23.7 Å². The number of imide groups is 1. The van der Waals surface area contributed by atoms with Crippen LogP contribution in [-0.2, 0) is 14.3 Å². The van der Waals surface area contributed by atoms with E-state index < -0.39 is 5.97 Å². The molecule has 2 aromatic carbocycles. The van der Waals surface area contributed by atoms with Gasteiger partial charge in [0.1, 0.15) is 0 Å². The smallest absolute Gasteiger partial charge is 0.338 e. The average Bonchev–Trinajstić information content (AvgIpc) is 3.46. The lowest BCUT2D eigenvalue weighted by Crippen LogP contribution is -2.33. The number of hydrogen-bond acceptors (Lipinski definition) is 5. The molecule has 6 nitrogen and oxygen atoms in total. The van der Waals surface area contributed by atoms with E-state index in [1.165, 1.54) is 17.0 Å². The van der Waals surface area contributed by atoms with Crippen molar-refractivity contribution in [2.75, 3.05) is 11.5 Å². The highest BCUT2D eigenvalue weighted by molar-refractivity contribution is 6.23. The summed E-state index contributed by atoms with van der Waals surface area (Å²) < 4.78 is 5.15. The number of ether oxygens (including phenoxy) is 1. The first-order chi connectivity index (χ1) is 14.5. The number of ketones is 1.